The molecule has 26 heavy (non-hydrogen) atoms. The maximum absolute atomic E-state index is 12.3. The summed E-state index contributed by atoms with van der Waals surface area (Å²) in [6.07, 6.45) is -0.796. The predicted molar refractivity (Wildman–Crippen MR) is 96.4 cm³/mol. The van der Waals surface area contributed by atoms with E-state index in [0.29, 0.717) is 18.0 Å². The van der Waals surface area contributed by atoms with Gasteiger partial charge in [0, 0.05) is 6.54 Å². The van der Waals surface area contributed by atoms with E-state index < -0.39 is 12.0 Å². The lowest BCUT2D eigenvalue weighted by molar-refractivity contribution is -0.127. The molecule has 1 unspecified atom stereocenters. The minimum Gasteiger partial charge on any atom is -0.493 e. The van der Waals surface area contributed by atoms with Crippen molar-refractivity contribution < 1.29 is 23.8 Å². The Hall–Kier alpha value is -3.22. The second kappa shape index (κ2) is 8.75. The van der Waals surface area contributed by atoms with Gasteiger partial charge in [0.15, 0.2) is 17.6 Å². The number of hydrogen-bond donors (Lipinski definition) is 2. The van der Waals surface area contributed by atoms with E-state index in [4.69, 9.17) is 19.9 Å². The van der Waals surface area contributed by atoms with Crippen LogP contribution in [0, 0.1) is 0 Å². The van der Waals surface area contributed by atoms with Crippen molar-refractivity contribution in [2.45, 2.75) is 19.6 Å². The molecule has 2 rings (SSSR count). The van der Waals surface area contributed by atoms with Gasteiger partial charge in [0.1, 0.15) is 5.75 Å². The lowest BCUT2D eigenvalue weighted by Crippen LogP contribution is -2.36. The number of nitrogens with one attached hydrogen (secondary N) is 1. The molecule has 2 aromatic carbocycles. The largest absolute Gasteiger partial charge is 0.493 e. The van der Waals surface area contributed by atoms with E-state index in [1.54, 1.807) is 57.5 Å². The highest BCUT2D eigenvalue weighted by atomic mass is 16.5. The topological polar surface area (TPSA) is 99.9 Å². The van der Waals surface area contributed by atoms with Crippen molar-refractivity contribution in [3.63, 3.8) is 0 Å². The first-order valence-electron chi connectivity index (χ1n) is 8.00. The number of ether oxygens (including phenoxy) is 3. The molecular formula is C19H22N2O5. The van der Waals surface area contributed by atoms with Gasteiger partial charge in [0.05, 0.1) is 19.8 Å². The van der Waals surface area contributed by atoms with Crippen LogP contribution in [0.4, 0.5) is 0 Å². The zero-order valence-corrected chi connectivity index (χ0v) is 14.9. The standard InChI is InChI=1S/C19H22N2O5/c1-12(26-15-7-5-4-6-14(15)18(20)22)19(23)21-11-13-8-9-16(24-2)17(10-13)25-3/h4-10,12H,11H2,1-3H3,(H2,20,22)(H,21,23). The van der Waals surface area contributed by atoms with Gasteiger partial charge < -0.3 is 25.3 Å². The average molecular weight is 358 g/mol. The number of primary amides is 1. The van der Waals surface area contributed by atoms with E-state index in [9.17, 15) is 9.59 Å². The molecule has 0 spiro atoms. The molecule has 0 fully saturated rings. The molecule has 0 aliphatic rings. The van der Waals surface area contributed by atoms with Crippen LogP contribution < -0.4 is 25.3 Å². The lowest BCUT2D eigenvalue weighted by atomic mass is 10.2. The van der Waals surface area contributed by atoms with Gasteiger partial charge in [-0.2, -0.15) is 0 Å². The fraction of sp³-hybridized carbons (Fsp3) is 0.263. The van der Waals surface area contributed by atoms with Crippen LogP contribution in [0.3, 0.4) is 0 Å². The minimum absolute atomic E-state index is 0.229. The van der Waals surface area contributed by atoms with Gasteiger partial charge in [-0.25, -0.2) is 0 Å². The Morgan fingerprint density at radius 2 is 1.73 bits per heavy atom. The van der Waals surface area contributed by atoms with Gasteiger partial charge in [-0.05, 0) is 36.8 Å². The summed E-state index contributed by atoms with van der Waals surface area (Å²) in [4.78, 5) is 23.7. The van der Waals surface area contributed by atoms with Gasteiger partial charge in [-0.15, -0.1) is 0 Å². The molecule has 1 atom stereocenters. The van der Waals surface area contributed by atoms with Gasteiger partial charge >= 0.3 is 0 Å². The van der Waals surface area contributed by atoms with Crippen molar-refractivity contribution in [2.24, 2.45) is 5.73 Å². The summed E-state index contributed by atoms with van der Waals surface area (Å²) < 4.78 is 16.0. The number of para-hydroxylation sites is 1. The normalized spacial score (nSPS) is 11.3. The highest BCUT2D eigenvalue weighted by molar-refractivity contribution is 5.95. The Balaban J connectivity index is 1.99. The van der Waals surface area contributed by atoms with Gasteiger partial charge in [-0.3, -0.25) is 9.59 Å². The fourth-order valence-corrected chi connectivity index (χ4v) is 2.34. The summed E-state index contributed by atoms with van der Waals surface area (Å²) >= 11 is 0. The van der Waals surface area contributed by atoms with Crippen molar-refractivity contribution >= 4 is 11.8 Å². The number of benzene rings is 2. The Morgan fingerprint density at radius 3 is 2.38 bits per heavy atom. The maximum atomic E-state index is 12.3. The molecule has 138 valence electrons. The summed E-state index contributed by atoms with van der Waals surface area (Å²) in [6, 6.07) is 11.9. The number of carbonyl (C=O) groups excluding carboxylic acids is 2. The quantitative estimate of drug-likeness (QED) is 0.751. The van der Waals surface area contributed by atoms with Crippen LogP contribution in [0.15, 0.2) is 42.5 Å². The first kappa shape index (κ1) is 19.1. The molecule has 0 aromatic heterocycles. The van der Waals surface area contributed by atoms with Crippen LogP contribution in [0.5, 0.6) is 17.2 Å². The first-order valence-corrected chi connectivity index (χ1v) is 8.00. The van der Waals surface area contributed by atoms with Crippen molar-refractivity contribution in [1.82, 2.24) is 5.32 Å². The maximum Gasteiger partial charge on any atom is 0.261 e. The average Bonchev–Trinajstić information content (AvgIpc) is 2.65. The number of methoxy groups -OCH3 is 2. The third-order valence-electron chi connectivity index (χ3n) is 3.74. The number of carbonyl (C=O) groups is 2. The summed E-state index contributed by atoms with van der Waals surface area (Å²) in [5.41, 5.74) is 6.39. The first-order chi connectivity index (χ1) is 12.5. The molecule has 0 aliphatic carbocycles. The van der Waals surface area contributed by atoms with Crippen molar-refractivity contribution in [2.75, 3.05) is 14.2 Å². The molecule has 7 nitrogen and oxygen atoms in total. The van der Waals surface area contributed by atoms with Crippen LogP contribution in [0.1, 0.15) is 22.8 Å². The molecule has 7 heteroatoms. The van der Waals surface area contributed by atoms with E-state index in [1.807, 2.05) is 6.07 Å². The van der Waals surface area contributed by atoms with Crippen LogP contribution in [-0.4, -0.2) is 32.1 Å². The number of amides is 2. The van der Waals surface area contributed by atoms with E-state index >= 15 is 0 Å². The number of hydrogen-bond acceptors (Lipinski definition) is 5. The Kier molecular flexibility index (Phi) is 6.43. The van der Waals surface area contributed by atoms with Gasteiger partial charge in [-0.1, -0.05) is 18.2 Å². The molecule has 0 saturated heterocycles. The molecule has 0 radical (unpaired) electrons. The predicted octanol–water partition coefficient (Wildman–Crippen LogP) is 1.89. The lowest BCUT2D eigenvalue weighted by Gasteiger charge is -2.16. The van der Waals surface area contributed by atoms with Crippen molar-refractivity contribution in [1.29, 1.82) is 0 Å². The van der Waals surface area contributed by atoms with Crippen LogP contribution in [0.2, 0.25) is 0 Å². The van der Waals surface area contributed by atoms with Gasteiger partial charge in [0.2, 0.25) is 0 Å². The summed E-state index contributed by atoms with van der Waals surface area (Å²) in [6.45, 7) is 1.89. The molecular weight excluding hydrogens is 336 g/mol. The molecule has 0 bridgehead atoms. The second-order valence-electron chi connectivity index (χ2n) is 5.53. The molecule has 0 saturated carbocycles. The van der Waals surface area contributed by atoms with Crippen molar-refractivity contribution in [3.05, 3.63) is 53.6 Å². The molecule has 0 aliphatic heterocycles. The van der Waals surface area contributed by atoms with Crippen LogP contribution in [0.25, 0.3) is 0 Å². The van der Waals surface area contributed by atoms with Crippen LogP contribution in [-0.2, 0) is 11.3 Å². The summed E-state index contributed by atoms with van der Waals surface area (Å²) in [5.74, 6) is 0.535. The molecule has 2 amide bonds. The minimum atomic E-state index is -0.796. The zero-order chi connectivity index (χ0) is 19.1. The number of nitrogens with two attached hydrogens (primary N) is 1. The Morgan fingerprint density at radius 1 is 1.04 bits per heavy atom. The molecule has 0 heterocycles. The third kappa shape index (κ3) is 4.66. The molecule has 2 aromatic rings. The third-order valence-corrected chi connectivity index (χ3v) is 3.74. The Labute approximate surface area is 152 Å². The van der Waals surface area contributed by atoms with E-state index in [-0.39, 0.29) is 17.2 Å². The highest BCUT2D eigenvalue weighted by Crippen LogP contribution is 2.27. The summed E-state index contributed by atoms with van der Waals surface area (Å²) in [7, 11) is 3.11. The van der Waals surface area contributed by atoms with Crippen molar-refractivity contribution in [3.8, 4) is 17.2 Å². The highest BCUT2D eigenvalue weighted by Gasteiger charge is 2.17. The molecule has 3 N–H and O–H groups in total. The Bertz CT molecular complexity index is 791. The van der Waals surface area contributed by atoms with E-state index in [0.717, 1.165) is 5.56 Å². The van der Waals surface area contributed by atoms with Gasteiger partial charge in [0.25, 0.3) is 11.8 Å². The smallest absolute Gasteiger partial charge is 0.261 e. The number of rotatable bonds is 8. The van der Waals surface area contributed by atoms with Crippen LogP contribution >= 0.6 is 0 Å². The van der Waals surface area contributed by atoms with E-state index in [1.165, 1.54) is 0 Å². The zero-order valence-electron chi connectivity index (χ0n) is 14.9. The van der Waals surface area contributed by atoms with E-state index in [2.05, 4.69) is 5.32 Å². The monoisotopic (exact) mass is 358 g/mol. The summed E-state index contributed by atoms with van der Waals surface area (Å²) in [5, 5.41) is 2.78. The SMILES string of the molecule is COc1ccc(CNC(=O)C(C)Oc2ccccc2C(N)=O)cc1OC. The fourth-order valence-electron chi connectivity index (χ4n) is 2.34. The second-order valence-corrected chi connectivity index (χ2v) is 5.53.